The average Bonchev–Trinajstić information content (AvgIpc) is 3.12. The quantitative estimate of drug-likeness (QED) is 0.496. The van der Waals surface area contributed by atoms with Crippen molar-refractivity contribution in [3.8, 4) is 11.5 Å². The van der Waals surface area contributed by atoms with Crippen LogP contribution in [0.1, 0.15) is 25.8 Å². The van der Waals surface area contributed by atoms with E-state index in [0.717, 1.165) is 56.6 Å². The van der Waals surface area contributed by atoms with E-state index in [2.05, 4.69) is 47.8 Å². The van der Waals surface area contributed by atoms with Gasteiger partial charge in [-0.05, 0) is 37.3 Å². The second kappa shape index (κ2) is 11.3. The lowest BCUT2D eigenvalue weighted by atomic mass is 10.2. The van der Waals surface area contributed by atoms with Crippen LogP contribution in [0, 0.1) is 0 Å². The summed E-state index contributed by atoms with van der Waals surface area (Å²) in [4.78, 5) is 7.18. The average molecular weight is 395 g/mol. The Morgan fingerprint density at radius 3 is 2.59 bits per heavy atom. The molecule has 1 fully saturated rings. The standard InChI is InChI=1S/C20H34N4O2S/c1-6-21-20(22-12-15(2)27-5)23-17-7-8-24(14-17)13-16-9-18(25-3)11-19(10-16)26-4/h9-11,15,17H,6-8,12-14H2,1-5H3,(H2,21,22,23). The number of hydrogen-bond acceptors (Lipinski definition) is 5. The van der Waals surface area contributed by atoms with Crippen LogP contribution in [0.3, 0.4) is 0 Å². The molecule has 1 aromatic rings. The van der Waals surface area contributed by atoms with Gasteiger partial charge in [0, 0.05) is 43.5 Å². The third kappa shape index (κ3) is 7.14. The highest BCUT2D eigenvalue weighted by Crippen LogP contribution is 2.24. The van der Waals surface area contributed by atoms with E-state index in [1.165, 1.54) is 5.56 Å². The summed E-state index contributed by atoms with van der Waals surface area (Å²) in [7, 11) is 3.38. The van der Waals surface area contributed by atoms with Crippen LogP contribution in [0.15, 0.2) is 23.2 Å². The molecule has 6 nitrogen and oxygen atoms in total. The Labute approximate surface area is 168 Å². The van der Waals surface area contributed by atoms with Gasteiger partial charge >= 0.3 is 0 Å². The van der Waals surface area contributed by atoms with Crippen LogP contribution in [0.5, 0.6) is 11.5 Å². The molecule has 2 rings (SSSR count). The van der Waals surface area contributed by atoms with Gasteiger partial charge in [0.15, 0.2) is 5.96 Å². The summed E-state index contributed by atoms with van der Waals surface area (Å²) in [6, 6.07) is 6.49. The SMILES string of the molecule is CCNC(=NCC(C)SC)NC1CCN(Cc2cc(OC)cc(OC)c2)C1. The normalized spacial score (nSPS) is 19.0. The first-order valence-corrected chi connectivity index (χ1v) is 10.9. The molecular weight excluding hydrogens is 360 g/mol. The van der Waals surface area contributed by atoms with Gasteiger partial charge in [0.05, 0.1) is 20.8 Å². The number of aliphatic imine (C=N–C) groups is 1. The smallest absolute Gasteiger partial charge is 0.191 e. The number of nitrogens with zero attached hydrogens (tertiary/aromatic N) is 2. The first-order chi connectivity index (χ1) is 13.1. The molecule has 2 N–H and O–H groups in total. The fraction of sp³-hybridized carbons (Fsp3) is 0.650. The summed E-state index contributed by atoms with van der Waals surface area (Å²) in [6.07, 6.45) is 3.24. The first kappa shape index (κ1) is 21.7. The zero-order valence-corrected chi connectivity index (χ0v) is 18.1. The lowest BCUT2D eigenvalue weighted by Gasteiger charge is -2.19. The molecule has 0 bridgehead atoms. The molecule has 1 saturated heterocycles. The molecule has 0 aromatic heterocycles. The van der Waals surface area contributed by atoms with E-state index in [-0.39, 0.29) is 0 Å². The molecule has 1 heterocycles. The lowest BCUT2D eigenvalue weighted by Crippen LogP contribution is -2.44. The molecule has 152 valence electrons. The predicted octanol–water partition coefficient (Wildman–Crippen LogP) is 2.58. The van der Waals surface area contributed by atoms with E-state index < -0.39 is 0 Å². The van der Waals surface area contributed by atoms with Crippen molar-refractivity contribution in [2.24, 2.45) is 4.99 Å². The fourth-order valence-electron chi connectivity index (χ4n) is 3.12. The van der Waals surface area contributed by atoms with Gasteiger partial charge in [-0.15, -0.1) is 0 Å². The molecule has 2 atom stereocenters. The lowest BCUT2D eigenvalue weighted by molar-refractivity contribution is 0.321. The largest absolute Gasteiger partial charge is 0.497 e. The van der Waals surface area contributed by atoms with Crippen LogP contribution >= 0.6 is 11.8 Å². The van der Waals surface area contributed by atoms with Crippen molar-refractivity contribution in [1.29, 1.82) is 0 Å². The van der Waals surface area contributed by atoms with E-state index >= 15 is 0 Å². The highest BCUT2D eigenvalue weighted by molar-refractivity contribution is 7.99. The number of likely N-dealkylation sites (tertiary alicyclic amines) is 1. The molecular formula is C20H34N4O2S. The van der Waals surface area contributed by atoms with Gasteiger partial charge in [-0.25, -0.2) is 0 Å². The Kier molecular flexibility index (Phi) is 9.07. The van der Waals surface area contributed by atoms with Crippen molar-refractivity contribution in [1.82, 2.24) is 15.5 Å². The topological polar surface area (TPSA) is 58.1 Å². The number of hydrogen-bond donors (Lipinski definition) is 2. The maximum Gasteiger partial charge on any atom is 0.191 e. The second-order valence-electron chi connectivity index (χ2n) is 6.85. The van der Waals surface area contributed by atoms with Gasteiger partial charge in [0.1, 0.15) is 11.5 Å². The van der Waals surface area contributed by atoms with E-state index in [9.17, 15) is 0 Å². The number of ether oxygens (including phenoxy) is 2. The summed E-state index contributed by atoms with van der Waals surface area (Å²) >= 11 is 1.84. The van der Waals surface area contributed by atoms with Gasteiger partial charge < -0.3 is 20.1 Å². The Bertz CT molecular complexity index is 589. The molecule has 2 unspecified atom stereocenters. The molecule has 1 aliphatic rings. The summed E-state index contributed by atoms with van der Waals surface area (Å²) in [5.41, 5.74) is 1.21. The summed E-state index contributed by atoms with van der Waals surface area (Å²) in [5, 5.41) is 7.49. The minimum Gasteiger partial charge on any atom is -0.497 e. The maximum absolute atomic E-state index is 5.38. The first-order valence-electron chi connectivity index (χ1n) is 9.59. The number of guanidine groups is 1. The molecule has 0 aliphatic carbocycles. The van der Waals surface area contributed by atoms with Gasteiger partial charge in [-0.3, -0.25) is 9.89 Å². The molecule has 1 aliphatic heterocycles. The van der Waals surface area contributed by atoms with E-state index in [1.807, 2.05) is 17.8 Å². The maximum atomic E-state index is 5.38. The van der Waals surface area contributed by atoms with Crippen LogP contribution < -0.4 is 20.1 Å². The van der Waals surface area contributed by atoms with Crippen molar-refractivity contribution in [3.63, 3.8) is 0 Å². The molecule has 0 radical (unpaired) electrons. The summed E-state index contributed by atoms with van der Waals surface area (Å²) in [6.45, 7) is 8.97. The number of benzene rings is 1. The Morgan fingerprint density at radius 1 is 1.30 bits per heavy atom. The molecule has 27 heavy (non-hydrogen) atoms. The van der Waals surface area contributed by atoms with Crippen molar-refractivity contribution in [3.05, 3.63) is 23.8 Å². The van der Waals surface area contributed by atoms with Gasteiger partial charge in [-0.1, -0.05) is 6.92 Å². The monoisotopic (exact) mass is 394 g/mol. The van der Waals surface area contributed by atoms with Crippen molar-refractivity contribution < 1.29 is 9.47 Å². The van der Waals surface area contributed by atoms with Crippen LogP contribution in [-0.2, 0) is 6.54 Å². The van der Waals surface area contributed by atoms with Gasteiger partial charge in [-0.2, -0.15) is 11.8 Å². The van der Waals surface area contributed by atoms with E-state index in [0.29, 0.717) is 11.3 Å². The predicted molar refractivity (Wildman–Crippen MR) is 115 cm³/mol. The highest BCUT2D eigenvalue weighted by Gasteiger charge is 2.23. The molecule has 0 amide bonds. The van der Waals surface area contributed by atoms with Crippen molar-refractivity contribution in [2.75, 3.05) is 46.7 Å². The van der Waals surface area contributed by atoms with E-state index in [4.69, 9.17) is 14.5 Å². The molecule has 0 saturated carbocycles. The molecule has 0 spiro atoms. The minimum atomic E-state index is 0.417. The number of nitrogens with one attached hydrogen (secondary N) is 2. The zero-order chi connectivity index (χ0) is 19.6. The number of thioether (sulfide) groups is 1. The van der Waals surface area contributed by atoms with Gasteiger partial charge in [0.2, 0.25) is 0 Å². The number of methoxy groups -OCH3 is 2. The van der Waals surface area contributed by atoms with Gasteiger partial charge in [0.25, 0.3) is 0 Å². The Balaban J connectivity index is 1.92. The summed E-state index contributed by atoms with van der Waals surface area (Å²) in [5.74, 6) is 2.60. The summed E-state index contributed by atoms with van der Waals surface area (Å²) < 4.78 is 10.8. The Hall–Kier alpha value is -1.60. The zero-order valence-electron chi connectivity index (χ0n) is 17.2. The Morgan fingerprint density at radius 2 is 2.00 bits per heavy atom. The van der Waals surface area contributed by atoms with Crippen LogP contribution in [-0.4, -0.2) is 68.8 Å². The van der Waals surface area contributed by atoms with Crippen molar-refractivity contribution >= 4 is 17.7 Å². The third-order valence-electron chi connectivity index (χ3n) is 4.68. The van der Waals surface area contributed by atoms with Crippen LogP contribution in [0.4, 0.5) is 0 Å². The fourth-order valence-corrected chi connectivity index (χ4v) is 3.34. The molecule has 7 heteroatoms. The van der Waals surface area contributed by atoms with Crippen LogP contribution in [0.25, 0.3) is 0 Å². The van der Waals surface area contributed by atoms with Crippen LogP contribution in [0.2, 0.25) is 0 Å². The van der Waals surface area contributed by atoms with Crippen molar-refractivity contribution in [2.45, 2.75) is 38.1 Å². The minimum absolute atomic E-state index is 0.417. The third-order valence-corrected chi connectivity index (χ3v) is 5.64. The van der Waals surface area contributed by atoms with E-state index in [1.54, 1.807) is 14.2 Å². The highest BCUT2D eigenvalue weighted by atomic mass is 32.2. The molecule has 1 aromatic carbocycles. The number of rotatable bonds is 9. The second-order valence-corrected chi connectivity index (χ2v) is 8.13.